The molecule has 0 aliphatic heterocycles. The fourth-order valence-corrected chi connectivity index (χ4v) is 2.67. The number of anilines is 1. The van der Waals surface area contributed by atoms with Gasteiger partial charge in [-0.25, -0.2) is 4.98 Å². The zero-order valence-corrected chi connectivity index (χ0v) is 10.4. The van der Waals surface area contributed by atoms with Crippen LogP contribution in [0.2, 0.25) is 0 Å². The van der Waals surface area contributed by atoms with Crippen molar-refractivity contribution in [2.75, 3.05) is 5.73 Å². The van der Waals surface area contributed by atoms with Gasteiger partial charge in [-0.15, -0.1) is 21.5 Å². The highest BCUT2D eigenvalue weighted by Gasteiger charge is 2.19. The van der Waals surface area contributed by atoms with E-state index in [1.807, 2.05) is 6.20 Å². The molecule has 0 aliphatic rings. The van der Waals surface area contributed by atoms with Crippen molar-refractivity contribution in [3.8, 4) is 9.88 Å². The van der Waals surface area contributed by atoms with Gasteiger partial charge in [-0.2, -0.15) is 0 Å². The van der Waals surface area contributed by atoms with Crippen molar-refractivity contribution in [1.29, 1.82) is 0 Å². The molecule has 6 heteroatoms. The second-order valence-corrected chi connectivity index (χ2v) is 6.26. The molecule has 0 aliphatic carbocycles. The predicted molar refractivity (Wildman–Crippen MR) is 64.1 cm³/mol. The predicted octanol–water partition coefficient (Wildman–Crippen LogP) is 2.54. The molecule has 0 atom stereocenters. The van der Waals surface area contributed by atoms with Gasteiger partial charge in [-0.1, -0.05) is 32.1 Å². The summed E-state index contributed by atoms with van der Waals surface area (Å²) in [6.07, 6.45) is 1.84. The number of aromatic nitrogens is 3. The Morgan fingerprint density at radius 1 is 1.20 bits per heavy atom. The molecule has 80 valence electrons. The monoisotopic (exact) mass is 240 g/mol. The number of nitrogen functional groups attached to an aromatic ring is 1. The second kappa shape index (κ2) is 3.53. The molecule has 0 saturated heterocycles. The van der Waals surface area contributed by atoms with Crippen molar-refractivity contribution >= 4 is 27.8 Å². The van der Waals surface area contributed by atoms with E-state index in [9.17, 15) is 0 Å². The number of thiazole rings is 1. The fourth-order valence-electron chi connectivity index (χ4n) is 1.05. The molecule has 2 aromatic heterocycles. The van der Waals surface area contributed by atoms with Gasteiger partial charge < -0.3 is 5.73 Å². The lowest BCUT2D eigenvalue weighted by Crippen LogP contribution is -2.09. The van der Waals surface area contributed by atoms with E-state index in [0.29, 0.717) is 5.13 Å². The van der Waals surface area contributed by atoms with E-state index in [1.54, 1.807) is 11.3 Å². The van der Waals surface area contributed by atoms with Crippen molar-refractivity contribution in [3.05, 3.63) is 11.2 Å². The van der Waals surface area contributed by atoms with E-state index in [-0.39, 0.29) is 5.41 Å². The summed E-state index contributed by atoms with van der Waals surface area (Å²) in [7, 11) is 0. The van der Waals surface area contributed by atoms with Gasteiger partial charge in [0, 0.05) is 11.6 Å². The molecular formula is C9H12N4S2. The first-order valence-electron chi connectivity index (χ1n) is 4.52. The number of nitrogens with zero attached hydrogens (tertiary/aromatic N) is 3. The molecule has 2 heterocycles. The number of rotatable bonds is 1. The van der Waals surface area contributed by atoms with Crippen LogP contribution in [0.4, 0.5) is 5.13 Å². The minimum Gasteiger partial charge on any atom is -0.374 e. The molecule has 0 saturated carbocycles. The van der Waals surface area contributed by atoms with Crippen LogP contribution in [0.25, 0.3) is 9.88 Å². The van der Waals surface area contributed by atoms with Gasteiger partial charge >= 0.3 is 0 Å². The van der Waals surface area contributed by atoms with Gasteiger partial charge in [0.2, 0.25) is 5.13 Å². The van der Waals surface area contributed by atoms with Crippen molar-refractivity contribution < 1.29 is 0 Å². The van der Waals surface area contributed by atoms with Crippen molar-refractivity contribution in [3.63, 3.8) is 0 Å². The van der Waals surface area contributed by atoms with E-state index in [2.05, 4.69) is 36.0 Å². The number of nitrogens with two attached hydrogens (primary N) is 1. The lowest BCUT2D eigenvalue weighted by Gasteiger charge is -2.13. The lowest BCUT2D eigenvalue weighted by molar-refractivity contribution is 0.585. The molecule has 2 aromatic rings. The molecule has 4 nitrogen and oxygen atoms in total. The first-order valence-corrected chi connectivity index (χ1v) is 6.16. The Kier molecular flexibility index (Phi) is 2.47. The summed E-state index contributed by atoms with van der Waals surface area (Å²) < 4.78 is 0. The zero-order chi connectivity index (χ0) is 11.1. The van der Waals surface area contributed by atoms with Gasteiger partial charge in [0.25, 0.3) is 0 Å². The highest BCUT2D eigenvalue weighted by atomic mass is 32.1. The molecule has 2 rings (SSSR count). The summed E-state index contributed by atoms with van der Waals surface area (Å²) in [5.74, 6) is 0. The molecule has 2 N–H and O–H groups in total. The summed E-state index contributed by atoms with van der Waals surface area (Å²) >= 11 is 3.04. The van der Waals surface area contributed by atoms with Crippen LogP contribution in [0.1, 0.15) is 25.8 Å². The summed E-state index contributed by atoms with van der Waals surface area (Å²) in [5, 5.41) is 10.2. The van der Waals surface area contributed by atoms with Crippen LogP contribution < -0.4 is 5.73 Å². The molecular weight excluding hydrogens is 228 g/mol. The molecule has 0 spiro atoms. The standard InChI is InChI=1S/C9H12N4S2/c1-9(2,3)7-11-4-5(14-7)6-12-13-8(10)15-6/h4H,1-3H3,(H2,10,13). The third-order valence-corrected chi connectivity index (χ3v) is 4.14. The lowest BCUT2D eigenvalue weighted by atomic mass is 9.98. The molecule has 0 amide bonds. The van der Waals surface area contributed by atoms with Crippen LogP contribution in [0, 0.1) is 0 Å². The Bertz CT molecular complexity index is 466. The van der Waals surface area contributed by atoms with E-state index in [0.717, 1.165) is 14.9 Å². The first kappa shape index (κ1) is 10.5. The Hall–Kier alpha value is -1.01. The molecule has 0 fully saturated rings. The van der Waals surface area contributed by atoms with Crippen molar-refractivity contribution in [1.82, 2.24) is 15.2 Å². The highest BCUT2D eigenvalue weighted by Crippen LogP contribution is 2.34. The van der Waals surface area contributed by atoms with Crippen molar-refractivity contribution in [2.24, 2.45) is 0 Å². The minimum absolute atomic E-state index is 0.0825. The quantitative estimate of drug-likeness (QED) is 0.832. The maximum atomic E-state index is 5.54. The smallest absolute Gasteiger partial charge is 0.203 e. The van der Waals surface area contributed by atoms with E-state index in [1.165, 1.54) is 11.3 Å². The van der Waals surface area contributed by atoms with E-state index in [4.69, 9.17) is 5.73 Å². The fraction of sp³-hybridized carbons (Fsp3) is 0.444. The van der Waals surface area contributed by atoms with Gasteiger partial charge in [0.1, 0.15) is 0 Å². The molecule has 0 aromatic carbocycles. The minimum atomic E-state index is 0.0825. The van der Waals surface area contributed by atoms with Gasteiger partial charge in [0.15, 0.2) is 5.01 Å². The van der Waals surface area contributed by atoms with Crippen molar-refractivity contribution in [2.45, 2.75) is 26.2 Å². The molecule has 0 unspecified atom stereocenters. The summed E-state index contributed by atoms with van der Waals surface area (Å²) in [4.78, 5) is 5.43. The third-order valence-electron chi connectivity index (χ3n) is 1.80. The van der Waals surface area contributed by atoms with E-state index >= 15 is 0 Å². The Morgan fingerprint density at radius 2 is 1.93 bits per heavy atom. The maximum Gasteiger partial charge on any atom is 0.203 e. The molecule has 15 heavy (non-hydrogen) atoms. The number of hydrogen-bond donors (Lipinski definition) is 1. The van der Waals surface area contributed by atoms with E-state index < -0.39 is 0 Å². The van der Waals surface area contributed by atoms with Crippen LogP contribution >= 0.6 is 22.7 Å². The van der Waals surface area contributed by atoms with Crippen LogP contribution in [-0.2, 0) is 5.41 Å². The highest BCUT2D eigenvalue weighted by molar-refractivity contribution is 7.23. The summed E-state index contributed by atoms with van der Waals surface area (Å²) in [6, 6.07) is 0. The summed E-state index contributed by atoms with van der Waals surface area (Å²) in [6.45, 7) is 6.43. The normalized spacial score (nSPS) is 11.9. The van der Waals surface area contributed by atoms with Gasteiger partial charge in [-0.05, 0) is 0 Å². The first-order chi connectivity index (χ1) is 6.97. The van der Waals surface area contributed by atoms with Gasteiger partial charge in [-0.3, -0.25) is 0 Å². The molecule has 0 radical (unpaired) electrons. The zero-order valence-electron chi connectivity index (χ0n) is 8.81. The Balaban J connectivity index is 2.36. The Labute approximate surface area is 96.2 Å². The largest absolute Gasteiger partial charge is 0.374 e. The average molecular weight is 240 g/mol. The second-order valence-electron chi connectivity index (χ2n) is 4.23. The van der Waals surface area contributed by atoms with Crippen LogP contribution in [0.15, 0.2) is 6.20 Å². The summed E-state index contributed by atoms with van der Waals surface area (Å²) in [5.41, 5.74) is 5.62. The van der Waals surface area contributed by atoms with Crippen LogP contribution in [0.5, 0.6) is 0 Å². The maximum absolute atomic E-state index is 5.54. The van der Waals surface area contributed by atoms with Crippen LogP contribution in [0.3, 0.4) is 0 Å². The van der Waals surface area contributed by atoms with Gasteiger partial charge in [0.05, 0.1) is 9.88 Å². The average Bonchev–Trinajstić information content (AvgIpc) is 2.69. The topological polar surface area (TPSA) is 64.7 Å². The third kappa shape index (κ3) is 2.15. The van der Waals surface area contributed by atoms with Crippen LogP contribution in [-0.4, -0.2) is 15.2 Å². The SMILES string of the molecule is CC(C)(C)c1ncc(-c2nnc(N)s2)s1. The number of hydrogen-bond acceptors (Lipinski definition) is 6. The molecule has 0 bridgehead atoms. The Morgan fingerprint density at radius 3 is 2.40 bits per heavy atom.